The topological polar surface area (TPSA) is 65.1 Å². The summed E-state index contributed by atoms with van der Waals surface area (Å²) < 4.78 is 9.49. The van der Waals surface area contributed by atoms with E-state index in [2.05, 4.69) is 22.2 Å². The van der Waals surface area contributed by atoms with Gasteiger partial charge in [-0.1, -0.05) is 12.6 Å². The van der Waals surface area contributed by atoms with Crippen molar-refractivity contribution in [1.29, 1.82) is 0 Å². The second-order valence-corrected chi connectivity index (χ2v) is 2.74. The first kappa shape index (κ1) is 14.1. The Balaban J connectivity index is 3.93. The van der Waals surface area contributed by atoms with Gasteiger partial charge in [-0.25, -0.2) is 4.79 Å². The molecule has 0 unspecified atom stereocenters. The van der Waals surface area contributed by atoms with Gasteiger partial charge in [-0.2, -0.15) is 5.06 Å². The summed E-state index contributed by atoms with van der Waals surface area (Å²) >= 11 is 3.54. The summed E-state index contributed by atoms with van der Waals surface area (Å²) in [6.07, 6.45) is -0.934. The van der Waals surface area contributed by atoms with Crippen molar-refractivity contribution in [2.24, 2.45) is 0 Å². The average Bonchev–Trinajstić information content (AvgIpc) is 2.16. The lowest BCUT2D eigenvalue weighted by atomic mass is 10.7. The molecule has 1 amide bonds. The fourth-order valence-corrected chi connectivity index (χ4v) is 0.847. The van der Waals surface area contributed by atoms with E-state index in [0.717, 1.165) is 5.06 Å². The number of amides is 1. The Kier molecular flexibility index (Phi) is 7.84. The van der Waals surface area contributed by atoms with E-state index < -0.39 is 11.4 Å². The Morgan fingerprint density at radius 2 is 1.93 bits per heavy atom. The van der Waals surface area contributed by atoms with Gasteiger partial charge in [-0.05, 0) is 13.8 Å². The fraction of sp³-hybridized carbons (Fsp3) is 0.750. The van der Waals surface area contributed by atoms with Gasteiger partial charge in [0.2, 0.25) is 0 Å². The van der Waals surface area contributed by atoms with Crippen LogP contribution in [0, 0.1) is 0 Å². The van der Waals surface area contributed by atoms with E-state index in [-0.39, 0.29) is 19.8 Å². The molecule has 0 aromatic heterocycles. The van der Waals surface area contributed by atoms with E-state index in [1.165, 1.54) is 0 Å². The molecule has 0 fully saturated rings. The summed E-state index contributed by atoms with van der Waals surface area (Å²) in [5.41, 5.74) is 0. The number of thiol groups is 1. The smallest absolute Gasteiger partial charge is 0.433 e. The van der Waals surface area contributed by atoms with Gasteiger partial charge in [-0.15, -0.1) is 0 Å². The first-order chi connectivity index (χ1) is 7.11. The molecule has 0 aromatic rings. The van der Waals surface area contributed by atoms with Crippen LogP contribution in [0.1, 0.15) is 13.8 Å². The summed E-state index contributed by atoms with van der Waals surface area (Å²) in [6, 6.07) is 0. The van der Waals surface area contributed by atoms with Crippen molar-refractivity contribution in [1.82, 2.24) is 5.06 Å². The van der Waals surface area contributed by atoms with Gasteiger partial charge in [0.15, 0.2) is 0 Å². The molecule has 0 aliphatic heterocycles. The number of ether oxygens (including phenoxy) is 2. The molecule has 15 heavy (non-hydrogen) atoms. The monoisotopic (exact) mass is 237 g/mol. The van der Waals surface area contributed by atoms with Crippen LogP contribution in [0.2, 0.25) is 0 Å². The van der Waals surface area contributed by atoms with Crippen molar-refractivity contribution in [3.8, 4) is 0 Å². The molecule has 0 atom stereocenters. The average molecular weight is 237 g/mol. The maximum Gasteiger partial charge on any atom is 0.533 e. The zero-order valence-corrected chi connectivity index (χ0v) is 9.66. The maximum absolute atomic E-state index is 10.9. The zero-order valence-electron chi connectivity index (χ0n) is 8.76. The molecule has 0 heterocycles. The molecule has 0 aliphatic rings. The van der Waals surface area contributed by atoms with Crippen molar-refractivity contribution in [2.45, 2.75) is 13.8 Å². The lowest BCUT2D eigenvalue weighted by Crippen LogP contribution is -2.33. The predicted molar refractivity (Wildman–Crippen MR) is 55.7 cm³/mol. The summed E-state index contributed by atoms with van der Waals surface area (Å²) in [7, 11) is 0. The number of nitrogens with zero attached hydrogens (tertiary/aromatic N) is 1. The number of rotatable bonds is 5. The van der Waals surface area contributed by atoms with Crippen LogP contribution in [-0.2, 0) is 14.3 Å². The Hall–Kier alpha value is -0.950. The van der Waals surface area contributed by atoms with Crippen LogP contribution in [0.25, 0.3) is 0 Å². The standard InChI is InChI=1S/C8H15NO5S/c1-3-12-6-5-9(7(10)15)14-8(11)13-4-2/h3-6H2,1-2H3,(H,10,15). The summed E-state index contributed by atoms with van der Waals surface area (Å²) in [5.74, 6) is 0. The molecule has 88 valence electrons. The van der Waals surface area contributed by atoms with Gasteiger partial charge in [0, 0.05) is 6.61 Å². The molecule has 0 saturated heterocycles. The lowest BCUT2D eigenvalue weighted by Gasteiger charge is -2.17. The van der Waals surface area contributed by atoms with E-state index in [9.17, 15) is 9.59 Å². The van der Waals surface area contributed by atoms with Crippen LogP contribution in [-0.4, -0.2) is 42.8 Å². The molecule has 0 spiro atoms. The number of carbonyl (C=O) groups excluding carboxylic acids is 2. The van der Waals surface area contributed by atoms with Crippen molar-refractivity contribution >= 4 is 24.0 Å². The third-order valence-corrected chi connectivity index (χ3v) is 1.53. The quantitative estimate of drug-likeness (QED) is 0.339. The second kappa shape index (κ2) is 8.37. The van der Waals surface area contributed by atoms with Crippen LogP contribution in [0.3, 0.4) is 0 Å². The minimum absolute atomic E-state index is 0.120. The number of hydroxylamine groups is 2. The fourth-order valence-electron chi connectivity index (χ4n) is 0.706. The largest absolute Gasteiger partial charge is 0.533 e. The van der Waals surface area contributed by atoms with E-state index in [1.807, 2.05) is 6.92 Å². The Labute approximate surface area is 93.8 Å². The van der Waals surface area contributed by atoms with E-state index in [4.69, 9.17) is 4.74 Å². The van der Waals surface area contributed by atoms with Crippen molar-refractivity contribution in [3.05, 3.63) is 0 Å². The highest BCUT2D eigenvalue weighted by molar-refractivity contribution is 7.96. The molecule has 0 radical (unpaired) electrons. The minimum atomic E-state index is -0.934. The van der Waals surface area contributed by atoms with Crippen LogP contribution >= 0.6 is 12.6 Å². The Bertz CT molecular complexity index is 211. The first-order valence-electron chi connectivity index (χ1n) is 4.54. The van der Waals surface area contributed by atoms with Gasteiger partial charge in [0.1, 0.15) is 0 Å². The van der Waals surface area contributed by atoms with E-state index in [0.29, 0.717) is 6.61 Å². The van der Waals surface area contributed by atoms with Gasteiger partial charge in [0.05, 0.1) is 19.8 Å². The van der Waals surface area contributed by atoms with Crippen LogP contribution in [0.15, 0.2) is 0 Å². The molecule has 0 N–H and O–H groups in total. The predicted octanol–water partition coefficient (Wildman–Crippen LogP) is 1.46. The third kappa shape index (κ3) is 7.03. The highest BCUT2D eigenvalue weighted by Gasteiger charge is 2.16. The molecular weight excluding hydrogens is 222 g/mol. The highest BCUT2D eigenvalue weighted by atomic mass is 32.1. The van der Waals surface area contributed by atoms with Crippen LogP contribution in [0.5, 0.6) is 0 Å². The van der Waals surface area contributed by atoms with Crippen LogP contribution in [0.4, 0.5) is 9.59 Å². The van der Waals surface area contributed by atoms with E-state index in [1.54, 1.807) is 6.92 Å². The van der Waals surface area contributed by atoms with Crippen LogP contribution < -0.4 is 0 Å². The maximum atomic E-state index is 10.9. The SMILES string of the molecule is CCOCCN(OC(=O)OCC)C(=O)S. The first-order valence-corrected chi connectivity index (χ1v) is 4.99. The Morgan fingerprint density at radius 3 is 2.40 bits per heavy atom. The summed E-state index contributed by atoms with van der Waals surface area (Å²) in [4.78, 5) is 26.3. The lowest BCUT2D eigenvalue weighted by molar-refractivity contribution is -0.0923. The molecule has 0 aliphatic carbocycles. The second-order valence-electron chi connectivity index (χ2n) is 2.36. The normalized spacial score (nSPS) is 9.53. The Morgan fingerprint density at radius 1 is 1.27 bits per heavy atom. The minimum Gasteiger partial charge on any atom is -0.433 e. The van der Waals surface area contributed by atoms with Gasteiger partial charge >= 0.3 is 11.4 Å². The molecule has 6 nitrogen and oxygen atoms in total. The number of hydrogen-bond acceptors (Lipinski definition) is 5. The van der Waals surface area contributed by atoms with Crippen molar-refractivity contribution < 1.29 is 23.9 Å². The summed E-state index contributed by atoms with van der Waals surface area (Å²) in [5, 5.41) is 0.0966. The van der Waals surface area contributed by atoms with Gasteiger partial charge in [-0.3, -0.25) is 4.79 Å². The van der Waals surface area contributed by atoms with Gasteiger partial charge in [0.25, 0.3) is 0 Å². The van der Waals surface area contributed by atoms with Gasteiger partial charge < -0.3 is 14.3 Å². The number of hydrogen-bond donors (Lipinski definition) is 1. The highest BCUT2D eigenvalue weighted by Crippen LogP contribution is 1.99. The molecule has 0 rings (SSSR count). The molecule has 0 bridgehead atoms. The summed E-state index contributed by atoms with van der Waals surface area (Å²) in [6.45, 7) is 4.54. The van der Waals surface area contributed by atoms with Crippen molar-refractivity contribution in [3.63, 3.8) is 0 Å². The van der Waals surface area contributed by atoms with Crippen molar-refractivity contribution in [2.75, 3.05) is 26.4 Å². The zero-order chi connectivity index (χ0) is 11.7. The molecular formula is C8H15NO5S. The molecule has 7 heteroatoms. The van der Waals surface area contributed by atoms with E-state index >= 15 is 0 Å². The third-order valence-electron chi connectivity index (χ3n) is 1.30. The molecule has 0 aromatic carbocycles. The molecule has 0 saturated carbocycles. The number of carbonyl (C=O) groups is 2.